The molecular weight excluding hydrogens is 314 g/mol. The van der Waals surface area contributed by atoms with Crippen LogP contribution in [-0.2, 0) is 9.84 Å². The molecule has 100 valence electrons. The van der Waals surface area contributed by atoms with Gasteiger partial charge in [-0.15, -0.1) is 0 Å². The molecule has 0 radical (unpaired) electrons. The summed E-state index contributed by atoms with van der Waals surface area (Å²) in [6.45, 7) is 4.51. The predicted octanol–water partition coefficient (Wildman–Crippen LogP) is 2.53. The molecule has 0 aromatic heterocycles. The van der Waals surface area contributed by atoms with Crippen LogP contribution in [0.1, 0.15) is 25.5 Å². The van der Waals surface area contributed by atoms with Gasteiger partial charge in [-0.3, -0.25) is 0 Å². The summed E-state index contributed by atoms with van der Waals surface area (Å²) in [5, 5.41) is 2.99. The molecule has 1 heterocycles. The lowest BCUT2D eigenvalue weighted by molar-refractivity contribution is 0.487. The highest BCUT2D eigenvalue weighted by atomic mass is 79.9. The smallest absolute Gasteiger partial charge is 0.155 e. The molecule has 0 amide bonds. The summed E-state index contributed by atoms with van der Waals surface area (Å²) in [5.74, 6) is 0.437. The van der Waals surface area contributed by atoms with Gasteiger partial charge in [0.25, 0.3) is 0 Å². The summed E-state index contributed by atoms with van der Waals surface area (Å²) >= 11 is 3.39. The van der Waals surface area contributed by atoms with Crippen molar-refractivity contribution in [1.29, 1.82) is 0 Å². The van der Waals surface area contributed by atoms with E-state index in [1.54, 1.807) is 6.92 Å². The number of halogens is 1. The van der Waals surface area contributed by atoms with E-state index in [0.29, 0.717) is 0 Å². The minimum Gasteiger partial charge on any atom is -0.309 e. The first-order valence-corrected chi connectivity index (χ1v) is 8.61. The number of sulfone groups is 1. The number of rotatable bonds is 1. The molecule has 1 N–H and O–H groups in total. The van der Waals surface area contributed by atoms with Crippen molar-refractivity contribution in [3.8, 4) is 0 Å². The van der Waals surface area contributed by atoms with E-state index in [9.17, 15) is 8.42 Å². The van der Waals surface area contributed by atoms with Crippen LogP contribution in [0.2, 0.25) is 0 Å². The quantitative estimate of drug-likeness (QED) is 0.860. The topological polar surface area (TPSA) is 46.2 Å². The molecule has 1 aromatic rings. The second-order valence-electron chi connectivity index (χ2n) is 5.08. The fourth-order valence-electron chi connectivity index (χ4n) is 2.37. The van der Waals surface area contributed by atoms with Crippen molar-refractivity contribution in [3.05, 3.63) is 34.3 Å². The average Bonchev–Trinajstić information content (AvgIpc) is 2.39. The normalized spacial score (nSPS) is 31.8. The highest BCUT2D eigenvalue weighted by molar-refractivity contribution is 9.10. The molecule has 0 bridgehead atoms. The van der Waals surface area contributed by atoms with E-state index >= 15 is 0 Å². The van der Waals surface area contributed by atoms with Crippen molar-refractivity contribution in [1.82, 2.24) is 5.32 Å². The maximum absolute atomic E-state index is 12.2. The van der Waals surface area contributed by atoms with E-state index < -0.39 is 9.84 Å². The van der Waals surface area contributed by atoms with Gasteiger partial charge in [-0.05, 0) is 37.1 Å². The molecule has 0 saturated carbocycles. The Hall–Kier alpha value is -0.390. The Morgan fingerprint density at radius 3 is 2.44 bits per heavy atom. The van der Waals surface area contributed by atoms with Crippen LogP contribution >= 0.6 is 15.9 Å². The molecule has 1 saturated heterocycles. The zero-order valence-electron chi connectivity index (χ0n) is 10.6. The highest BCUT2D eigenvalue weighted by Gasteiger charge is 2.34. The molecular formula is C13H18BrNO2S. The van der Waals surface area contributed by atoms with Gasteiger partial charge in [-0.1, -0.05) is 35.0 Å². The minimum atomic E-state index is -3.03. The van der Waals surface area contributed by atoms with E-state index in [1.807, 2.05) is 31.2 Å². The van der Waals surface area contributed by atoms with Gasteiger partial charge in [0.05, 0.1) is 11.0 Å². The van der Waals surface area contributed by atoms with Gasteiger partial charge in [0.1, 0.15) is 0 Å². The van der Waals surface area contributed by atoms with E-state index in [1.165, 1.54) is 0 Å². The van der Waals surface area contributed by atoms with Gasteiger partial charge in [0, 0.05) is 10.5 Å². The van der Waals surface area contributed by atoms with Crippen molar-refractivity contribution >= 4 is 25.8 Å². The zero-order valence-corrected chi connectivity index (χ0v) is 13.0. The lowest BCUT2D eigenvalue weighted by atomic mass is 10.0. The van der Waals surface area contributed by atoms with E-state index in [2.05, 4.69) is 21.2 Å². The fourth-order valence-corrected chi connectivity index (χ4v) is 4.51. The van der Waals surface area contributed by atoms with Crippen molar-refractivity contribution in [2.75, 3.05) is 12.3 Å². The summed E-state index contributed by atoms with van der Waals surface area (Å²) < 4.78 is 25.4. The number of benzene rings is 1. The number of hydrogen-bond acceptors (Lipinski definition) is 3. The fraction of sp³-hybridized carbons (Fsp3) is 0.538. The Kier molecular flexibility index (Phi) is 4.14. The first-order chi connectivity index (χ1) is 8.40. The molecule has 0 spiro atoms. The largest absolute Gasteiger partial charge is 0.309 e. The molecule has 2 rings (SSSR count). The lowest BCUT2D eigenvalue weighted by Crippen LogP contribution is -2.33. The minimum absolute atomic E-state index is 0.118. The summed E-state index contributed by atoms with van der Waals surface area (Å²) in [7, 11) is -3.03. The molecule has 3 unspecified atom stereocenters. The van der Waals surface area contributed by atoms with Crippen molar-refractivity contribution < 1.29 is 8.42 Å². The average molecular weight is 332 g/mol. The SMILES string of the molecule is CC1CNC(c2ccc(Br)cc2)C(C)S(=O)(=O)C1. The van der Waals surface area contributed by atoms with Crippen molar-refractivity contribution in [3.63, 3.8) is 0 Å². The molecule has 1 fully saturated rings. The van der Waals surface area contributed by atoms with Gasteiger partial charge in [-0.25, -0.2) is 8.42 Å². The number of hydrogen-bond donors (Lipinski definition) is 1. The third kappa shape index (κ3) is 2.95. The molecule has 3 atom stereocenters. The maximum atomic E-state index is 12.2. The zero-order chi connectivity index (χ0) is 13.3. The van der Waals surface area contributed by atoms with Crippen LogP contribution < -0.4 is 5.32 Å². The summed E-state index contributed by atoms with van der Waals surface area (Å²) in [5.41, 5.74) is 1.03. The van der Waals surface area contributed by atoms with Crippen molar-refractivity contribution in [2.24, 2.45) is 5.92 Å². The number of nitrogens with one attached hydrogen (secondary N) is 1. The Balaban J connectivity index is 2.34. The van der Waals surface area contributed by atoms with Crippen LogP contribution in [0, 0.1) is 5.92 Å². The first kappa shape index (κ1) is 14.0. The second kappa shape index (κ2) is 5.31. The maximum Gasteiger partial charge on any atom is 0.155 e. The molecule has 18 heavy (non-hydrogen) atoms. The van der Waals surface area contributed by atoms with Crippen LogP contribution in [0.4, 0.5) is 0 Å². The molecule has 1 aromatic carbocycles. The van der Waals surface area contributed by atoms with E-state index in [4.69, 9.17) is 0 Å². The molecule has 1 aliphatic rings. The molecule has 3 nitrogen and oxygen atoms in total. The Labute approximate surface area is 117 Å². The van der Waals surface area contributed by atoms with Gasteiger partial charge >= 0.3 is 0 Å². The van der Waals surface area contributed by atoms with Gasteiger partial charge < -0.3 is 5.32 Å². The third-order valence-electron chi connectivity index (χ3n) is 3.47. The Morgan fingerprint density at radius 2 is 1.83 bits per heavy atom. The van der Waals surface area contributed by atoms with Crippen LogP contribution in [0.15, 0.2) is 28.7 Å². The van der Waals surface area contributed by atoms with Crippen LogP contribution in [0.25, 0.3) is 0 Å². The van der Waals surface area contributed by atoms with Gasteiger partial charge in [-0.2, -0.15) is 0 Å². The van der Waals surface area contributed by atoms with Crippen LogP contribution in [0.3, 0.4) is 0 Å². The Morgan fingerprint density at radius 1 is 1.22 bits per heavy atom. The lowest BCUT2D eigenvalue weighted by Gasteiger charge is -2.22. The standard InChI is InChI=1S/C13H18BrNO2S/c1-9-7-15-13(10(2)18(16,17)8-9)11-3-5-12(14)6-4-11/h3-6,9-10,13,15H,7-8H2,1-2H3. The predicted molar refractivity (Wildman–Crippen MR) is 77.3 cm³/mol. The van der Waals surface area contributed by atoms with Crippen LogP contribution in [-0.4, -0.2) is 26.0 Å². The molecule has 1 aliphatic heterocycles. The highest BCUT2D eigenvalue weighted by Crippen LogP contribution is 2.27. The summed E-state index contributed by atoms with van der Waals surface area (Å²) in [6, 6.07) is 7.73. The van der Waals surface area contributed by atoms with Crippen molar-refractivity contribution in [2.45, 2.75) is 25.1 Å². The Bertz CT molecular complexity index is 512. The second-order valence-corrected chi connectivity index (χ2v) is 8.40. The van der Waals surface area contributed by atoms with Gasteiger partial charge in [0.2, 0.25) is 0 Å². The van der Waals surface area contributed by atoms with Gasteiger partial charge in [0.15, 0.2) is 9.84 Å². The summed E-state index contributed by atoms with van der Waals surface area (Å²) in [4.78, 5) is 0. The molecule has 5 heteroatoms. The summed E-state index contributed by atoms with van der Waals surface area (Å²) in [6.07, 6.45) is 0. The monoisotopic (exact) mass is 331 g/mol. The third-order valence-corrected chi connectivity index (χ3v) is 6.44. The van der Waals surface area contributed by atoms with E-state index in [0.717, 1.165) is 16.6 Å². The first-order valence-electron chi connectivity index (χ1n) is 6.10. The molecule has 0 aliphatic carbocycles. The van der Waals surface area contributed by atoms with E-state index in [-0.39, 0.29) is 23.0 Å². The van der Waals surface area contributed by atoms with Crippen LogP contribution in [0.5, 0.6) is 0 Å².